The van der Waals surface area contributed by atoms with Gasteiger partial charge in [-0.05, 0) is 57.3 Å². The van der Waals surface area contributed by atoms with Crippen LogP contribution in [0.5, 0.6) is 0 Å². The Morgan fingerprint density at radius 3 is 2.29 bits per heavy atom. The van der Waals surface area contributed by atoms with Gasteiger partial charge in [0.1, 0.15) is 18.9 Å². The number of alkyl halides is 3. The van der Waals surface area contributed by atoms with Gasteiger partial charge in [-0.15, -0.1) is 0 Å². The van der Waals surface area contributed by atoms with Gasteiger partial charge in [0.15, 0.2) is 0 Å². The third kappa shape index (κ3) is 2.89. The number of nitrogens with zero attached hydrogens (tertiary/aromatic N) is 2. The van der Waals surface area contributed by atoms with Crippen LogP contribution in [0.1, 0.15) is 5.69 Å². The predicted molar refractivity (Wildman–Crippen MR) is 72.3 cm³/mol. The van der Waals surface area contributed by atoms with Gasteiger partial charge in [-0.1, -0.05) is 0 Å². The second kappa shape index (κ2) is 4.71. The topological polar surface area (TPSA) is 41.6 Å². The summed E-state index contributed by atoms with van der Waals surface area (Å²) < 4.78 is 38.5. The zero-order chi connectivity index (χ0) is 12.6. The Balaban J connectivity index is 2.36. The Morgan fingerprint density at radius 1 is 1.18 bits per heavy atom. The van der Waals surface area contributed by atoms with Gasteiger partial charge in [0.25, 0.3) is 0 Å². The van der Waals surface area contributed by atoms with E-state index in [1.54, 1.807) is 0 Å². The van der Waals surface area contributed by atoms with Crippen LogP contribution in [0, 0.1) is 7.40 Å². The van der Waals surface area contributed by atoms with E-state index in [2.05, 4.69) is 37.5 Å². The molecule has 2 rings (SSSR count). The summed E-state index contributed by atoms with van der Waals surface area (Å²) in [5.74, 6) is 0.514. The fourth-order valence-corrected chi connectivity index (χ4v) is 1.92. The number of nitrogens with one attached hydrogen (secondary N) is 1. The van der Waals surface area contributed by atoms with E-state index in [0.29, 0.717) is 11.4 Å². The molecule has 2 aromatic heterocycles. The van der Waals surface area contributed by atoms with Gasteiger partial charge >= 0.3 is 6.18 Å². The van der Waals surface area contributed by atoms with Gasteiger partial charge in [-0.3, -0.25) is 4.98 Å². The molecule has 0 saturated heterocycles. The molecule has 0 saturated carbocycles. The number of pyridine rings is 1. The zero-order valence-corrected chi connectivity index (χ0v) is 12.3. The van der Waals surface area contributed by atoms with Gasteiger partial charge in [-0.25, -0.2) is 4.98 Å². The number of aromatic nitrogens is 3. The molecule has 0 spiro atoms. The van der Waals surface area contributed by atoms with Crippen molar-refractivity contribution in [2.75, 3.05) is 0 Å². The number of hydrogen-bond donors (Lipinski definition) is 1. The zero-order valence-electron chi connectivity index (χ0n) is 8.02. The van der Waals surface area contributed by atoms with Crippen molar-refractivity contribution in [2.45, 2.75) is 6.18 Å². The molecule has 0 aliphatic carbocycles. The Labute approximate surface area is 122 Å². The van der Waals surface area contributed by atoms with Crippen LogP contribution in [0.25, 0.3) is 11.4 Å². The predicted octanol–water partition coefficient (Wildman–Crippen LogP) is 3.70. The Hall–Kier alpha value is -0.390. The largest absolute Gasteiger partial charge is 0.433 e. The summed E-state index contributed by atoms with van der Waals surface area (Å²) in [4.78, 5) is 10.5. The fourth-order valence-electron chi connectivity index (χ4n) is 1.17. The molecule has 2 heterocycles. The smallest absolute Gasteiger partial charge is 0.332 e. The van der Waals surface area contributed by atoms with Crippen LogP contribution in [0.4, 0.5) is 13.2 Å². The van der Waals surface area contributed by atoms with Gasteiger partial charge in [0, 0.05) is 11.8 Å². The van der Waals surface area contributed by atoms with Crippen LogP contribution in [0.3, 0.4) is 0 Å². The SMILES string of the molecule is FC(F)(F)c1ccc(-c2nc(I)c(I)[nH]2)cn1. The highest BCUT2D eigenvalue weighted by molar-refractivity contribution is 14.1. The third-order valence-corrected chi connectivity index (χ3v) is 4.54. The quantitative estimate of drug-likeness (QED) is 0.654. The number of hydrogen-bond acceptors (Lipinski definition) is 2. The molecule has 8 heteroatoms. The molecule has 0 unspecified atom stereocenters. The first-order valence-electron chi connectivity index (χ1n) is 4.32. The lowest BCUT2D eigenvalue weighted by atomic mass is 10.2. The summed E-state index contributed by atoms with van der Waals surface area (Å²) >= 11 is 4.11. The molecule has 0 amide bonds. The lowest BCUT2D eigenvalue weighted by molar-refractivity contribution is -0.141. The van der Waals surface area contributed by atoms with Crippen molar-refractivity contribution in [3.63, 3.8) is 0 Å². The Kier molecular flexibility index (Phi) is 3.61. The van der Waals surface area contributed by atoms with Crippen molar-refractivity contribution in [1.29, 1.82) is 0 Å². The first-order chi connectivity index (χ1) is 7.88. The molecule has 0 fully saturated rings. The highest BCUT2D eigenvalue weighted by atomic mass is 127. The summed E-state index contributed by atoms with van der Waals surface area (Å²) in [6.45, 7) is 0. The van der Waals surface area contributed by atoms with Crippen molar-refractivity contribution in [3.8, 4) is 11.4 Å². The molecule has 2 aromatic rings. The molecule has 3 nitrogen and oxygen atoms in total. The van der Waals surface area contributed by atoms with E-state index in [1.165, 1.54) is 6.07 Å². The minimum absolute atomic E-state index is 0.514. The van der Waals surface area contributed by atoms with E-state index in [9.17, 15) is 13.2 Å². The minimum Gasteiger partial charge on any atom is -0.332 e. The normalized spacial score (nSPS) is 11.8. The van der Waals surface area contributed by atoms with Gasteiger partial charge in [-0.2, -0.15) is 13.2 Å². The molecular weight excluding hydrogens is 461 g/mol. The monoisotopic (exact) mass is 465 g/mol. The first-order valence-corrected chi connectivity index (χ1v) is 6.48. The van der Waals surface area contributed by atoms with Crippen LogP contribution in [-0.2, 0) is 6.18 Å². The average Bonchev–Trinajstić information content (AvgIpc) is 2.58. The fraction of sp³-hybridized carbons (Fsp3) is 0.111. The molecule has 90 valence electrons. The standard InChI is InChI=1S/C9H4F3I2N3/c10-9(11,12)5-2-1-4(3-15-5)8-16-6(13)7(14)17-8/h1-3H,(H,16,17). The summed E-state index contributed by atoms with van der Waals surface area (Å²) in [5.41, 5.74) is -0.379. The van der Waals surface area contributed by atoms with E-state index in [-0.39, 0.29) is 0 Å². The second-order valence-corrected chi connectivity index (χ2v) is 5.22. The molecule has 1 N–H and O–H groups in total. The first kappa shape index (κ1) is 13.1. The lowest BCUT2D eigenvalue weighted by Gasteiger charge is -2.05. The number of H-pyrrole nitrogens is 1. The number of halogens is 5. The second-order valence-electron chi connectivity index (χ2n) is 3.12. The molecule has 0 bridgehead atoms. The lowest BCUT2D eigenvalue weighted by Crippen LogP contribution is -2.07. The summed E-state index contributed by atoms with van der Waals surface area (Å²) in [5, 5.41) is 0. The van der Waals surface area contributed by atoms with Gasteiger partial charge < -0.3 is 4.98 Å². The summed E-state index contributed by atoms with van der Waals surface area (Å²) in [7, 11) is 0. The molecule has 0 aliphatic heterocycles. The van der Waals surface area contributed by atoms with Crippen LogP contribution >= 0.6 is 45.2 Å². The molecule has 17 heavy (non-hydrogen) atoms. The Morgan fingerprint density at radius 2 is 1.88 bits per heavy atom. The van der Waals surface area contributed by atoms with E-state index in [0.717, 1.165) is 19.7 Å². The van der Waals surface area contributed by atoms with Crippen LogP contribution in [0.2, 0.25) is 0 Å². The van der Waals surface area contributed by atoms with Crippen LogP contribution in [0.15, 0.2) is 18.3 Å². The van der Waals surface area contributed by atoms with Gasteiger partial charge in [0.2, 0.25) is 0 Å². The molecule has 0 radical (unpaired) electrons. The van der Waals surface area contributed by atoms with E-state index in [1.807, 2.05) is 22.6 Å². The highest BCUT2D eigenvalue weighted by Crippen LogP contribution is 2.28. The summed E-state index contributed by atoms with van der Waals surface area (Å²) in [6, 6.07) is 2.29. The third-order valence-electron chi connectivity index (χ3n) is 1.95. The van der Waals surface area contributed by atoms with E-state index < -0.39 is 11.9 Å². The Bertz CT molecular complexity index is 514. The van der Waals surface area contributed by atoms with Crippen molar-refractivity contribution in [1.82, 2.24) is 15.0 Å². The number of aromatic amines is 1. The van der Waals surface area contributed by atoms with E-state index in [4.69, 9.17) is 0 Å². The highest BCUT2D eigenvalue weighted by Gasteiger charge is 2.32. The van der Waals surface area contributed by atoms with E-state index >= 15 is 0 Å². The van der Waals surface area contributed by atoms with Gasteiger partial charge in [0.05, 0.1) is 0 Å². The van der Waals surface area contributed by atoms with Crippen molar-refractivity contribution < 1.29 is 13.2 Å². The average molecular weight is 465 g/mol. The summed E-state index contributed by atoms with van der Waals surface area (Å²) in [6.07, 6.45) is -3.25. The molecule has 0 aliphatic rings. The molecule has 0 aromatic carbocycles. The van der Waals surface area contributed by atoms with Crippen LogP contribution < -0.4 is 0 Å². The molecule has 0 atom stereocenters. The van der Waals surface area contributed by atoms with Crippen molar-refractivity contribution >= 4 is 45.2 Å². The molecular formula is C9H4F3I2N3. The maximum Gasteiger partial charge on any atom is 0.433 e. The minimum atomic E-state index is -4.41. The van der Waals surface area contributed by atoms with Crippen molar-refractivity contribution in [3.05, 3.63) is 31.4 Å². The number of imidazole rings is 1. The number of rotatable bonds is 1. The maximum absolute atomic E-state index is 12.3. The van der Waals surface area contributed by atoms with Crippen molar-refractivity contribution in [2.24, 2.45) is 0 Å². The van der Waals surface area contributed by atoms with Crippen LogP contribution in [-0.4, -0.2) is 15.0 Å². The maximum atomic E-state index is 12.3.